The van der Waals surface area contributed by atoms with Gasteiger partial charge in [-0.25, -0.2) is 4.98 Å². The Labute approximate surface area is 99.3 Å². The van der Waals surface area contributed by atoms with Crippen LogP contribution >= 0.6 is 15.9 Å². The van der Waals surface area contributed by atoms with Crippen LogP contribution in [0.2, 0.25) is 0 Å². The summed E-state index contributed by atoms with van der Waals surface area (Å²) in [5, 5.41) is 9.27. The number of aliphatic hydroxyl groups excluding tert-OH is 1. The third-order valence-corrected chi connectivity index (χ3v) is 2.69. The SMILES string of the molecule is CCCN(CC)c1ncc(Br)cc1CO. The minimum atomic E-state index is 0.0297. The van der Waals surface area contributed by atoms with E-state index in [1.807, 2.05) is 6.07 Å². The molecule has 0 aliphatic rings. The summed E-state index contributed by atoms with van der Waals surface area (Å²) in [6.45, 7) is 6.15. The molecule has 1 N–H and O–H groups in total. The number of aliphatic hydroxyl groups is 1. The number of hydrogen-bond donors (Lipinski definition) is 1. The topological polar surface area (TPSA) is 36.4 Å². The van der Waals surface area contributed by atoms with Crippen molar-refractivity contribution in [3.05, 3.63) is 22.3 Å². The van der Waals surface area contributed by atoms with E-state index in [0.717, 1.165) is 35.4 Å². The first-order chi connectivity index (χ1) is 7.22. The Morgan fingerprint density at radius 1 is 1.47 bits per heavy atom. The molecule has 0 aliphatic heterocycles. The highest BCUT2D eigenvalue weighted by Gasteiger charge is 2.10. The molecular weight excluding hydrogens is 256 g/mol. The molecule has 1 aromatic rings. The molecule has 0 spiro atoms. The van der Waals surface area contributed by atoms with Crippen LogP contribution in [-0.2, 0) is 6.61 Å². The number of rotatable bonds is 5. The van der Waals surface area contributed by atoms with Gasteiger partial charge in [0.05, 0.1) is 6.61 Å². The maximum atomic E-state index is 9.27. The number of pyridine rings is 1. The lowest BCUT2D eigenvalue weighted by atomic mass is 10.2. The van der Waals surface area contributed by atoms with Gasteiger partial charge in [0.15, 0.2) is 0 Å². The van der Waals surface area contributed by atoms with Gasteiger partial charge < -0.3 is 10.0 Å². The van der Waals surface area contributed by atoms with Gasteiger partial charge in [-0.2, -0.15) is 0 Å². The first-order valence-electron chi connectivity index (χ1n) is 5.23. The van der Waals surface area contributed by atoms with Crippen LogP contribution in [0.5, 0.6) is 0 Å². The van der Waals surface area contributed by atoms with Crippen LogP contribution in [-0.4, -0.2) is 23.2 Å². The van der Waals surface area contributed by atoms with Gasteiger partial charge in [0, 0.05) is 29.3 Å². The Kier molecular flexibility index (Phi) is 5.05. The predicted octanol–water partition coefficient (Wildman–Crippen LogP) is 2.57. The highest BCUT2D eigenvalue weighted by Crippen LogP contribution is 2.21. The van der Waals surface area contributed by atoms with Crippen molar-refractivity contribution in [2.24, 2.45) is 0 Å². The lowest BCUT2D eigenvalue weighted by Gasteiger charge is -2.23. The molecule has 1 rings (SSSR count). The molecule has 0 radical (unpaired) electrons. The molecule has 1 aromatic heterocycles. The molecular formula is C11H17BrN2O. The Morgan fingerprint density at radius 2 is 2.20 bits per heavy atom. The van der Waals surface area contributed by atoms with Gasteiger partial charge >= 0.3 is 0 Å². The van der Waals surface area contributed by atoms with E-state index < -0.39 is 0 Å². The molecule has 1 heterocycles. The van der Waals surface area contributed by atoms with Crippen molar-refractivity contribution in [3.8, 4) is 0 Å². The molecule has 4 heteroatoms. The monoisotopic (exact) mass is 272 g/mol. The number of halogens is 1. The fraction of sp³-hybridized carbons (Fsp3) is 0.545. The number of anilines is 1. The average Bonchev–Trinajstić information content (AvgIpc) is 2.26. The second-order valence-corrected chi connectivity index (χ2v) is 4.29. The largest absolute Gasteiger partial charge is 0.392 e. The van der Waals surface area contributed by atoms with E-state index in [2.05, 4.69) is 39.7 Å². The van der Waals surface area contributed by atoms with Crippen LogP contribution in [0.1, 0.15) is 25.8 Å². The third kappa shape index (κ3) is 3.18. The molecule has 84 valence electrons. The fourth-order valence-electron chi connectivity index (χ4n) is 1.56. The lowest BCUT2D eigenvalue weighted by molar-refractivity contribution is 0.281. The zero-order valence-electron chi connectivity index (χ0n) is 9.20. The molecule has 0 amide bonds. The predicted molar refractivity (Wildman–Crippen MR) is 66.0 cm³/mol. The first-order valence-corrected chi connectivity index (χ1v) is 6.02. The van der Waals surface area contributed by atoms with Crippen molar-refractivity contribution in [2.45, 2.75) is 26.9 Å². The molecule has 0 saturated carbocycles. The van der Waals surface area contributed by atoms with Crippen molar-refractivity contribution >= 4 is 21.7 Å². The maximum Gasteiger partial charge on any atom is 0.134 e. The van der Waals surface area contributed by atoms with Crippen molar-refractivity contribution < 1.29 is 5.11 Å². The normalized spacial score (nSPS) is 10.4. The van der Waals surface area contributed by atoms with E-state index in [-0.39, 0.29) is 6.61 Å². The van der Waals surface area contributed by atoms with Crippen LogP contribution < -0.4 is 4.90 Å². The molecule has 0 saturated heterocycles. The third-order valence-electron chi connectivity index (χ3n) is 2.25. The second-order valence-electron chi connectivity index (χ2n) is 3.37. The molecule has 0 unspecified atom stereocenters. The highest BCUT2D eigenvalue weighted by molar-refractivity contribution is 9.10. The molecule has 0 aromatic carbocycles. The number of nitrogens with zero attached hydrogens (tertiary/aromatic N) is 2. The zero-order chi connectivity index (χ0) is 11.3. The summed E-state index contributed by atoms with van der Waals surface area (Å²) in [6.07, 6.45) is 2.85. The molecule has 0 fully saturated rings. The van der Waals surface area contributed by atoms with E-state index >= 15 is 0 Å². The van der Waals surface area contributed by atoms with Crippen molar-refractivity contribution in [1.82, 2.24) is 4.98 Å². The Morgan fingerprint density at radius 3 is 2.73 bits per heavy atom. The van der Waals surface area contributed by atoms with Gasteiger partial charge in [-0.15, -0.1) is 0 Å². The summed E-state index contributed by atoms with van der Waals surface area (Å²) in [6, 6.07) is 1.92. The van der Waals surface area contributed by atoms with Gasteiger partial charge in [0.25, 0.3) is 0 Å². The summed E-state index contributed by atoms with van der Waals surface area (Å²) in [5.74, 6) is 0.894. The minimum absolute atomic E-state index is 0.0297. The van der Waals surface area contributed by atoms with Crippen LogP contribution in [0.25, 0.3) is 0 Å². The van der Waals surface area contributed by atoms with E-state index in [1.165, 1.54) is 0 Å². The first kappa shape index (κ1) is 12.5. The van der Waals surface area contributed by atoms with E-state index in [9.17, 15) is 5.11 Å². The lowest BCUT2D eigenvalue weighted by Crippen LogP contribution is -2.25. The Bertz CT molecular complexity index is 317. The standard InChI is InChI=1S/C11H17BrN2O/c1-3-5-14(4-2)11-9(8-15)6-10(12)7-13-11/h6-7,15H,3-5,8H2,1-2H3. The van der Waals surface area contributed by atoms with Crippen LogP contribution in [0, 0.1) is 0 Å². The van der Waals surface area contributed by atoms with Gasteiger partial charge in [0.1, 0.15) is 5.82 Å². The van der Waals surface area contributed by atoms with E-state index in [1.54, 1.807) is 6.20 Å². The summed E-state index contributed by atoms with van der Waals surface area (Å²) < 4.78 is 0.905. The van der Waals surface area contributed by atoms with Gasteiger partial charge in [-0.3, -0.25) is 0 Å². The fourth-order valence-corrected chi connectivity index (χ4v) is 1.94. The van der Waals surface area contributed by atoms with E-state index in [0.29, 0.717) is 0 Å². The van der Waals surface area contributed by atoms with Gasteiger partial charge in [-0.05, 0) is 35.3 Å². The summed E-state index contributed by atoms with van der Waals surface area (Å²) in [5.41, 5.74) is 0.875. The smallest absolute Gasteiger partial charge is 0.134 e. The number of hydrogen-bond acceptors (Lipinski definition) is 3. The van der Waals surface area contributed by atoms with Crippen LogP contribution in [0.3, 0.4) is 0 Å². The molecule has 0 atom stereocenters. The minimum Gasteiger partial charge on any atom is -0.392 e. The van der Waals surface area contributed by atoms with Gasteiger partial charge in [0.2, 0.25) is 0 Å². The van der Waals surface area contributed by atoms with Crippen molar-refractivity contribution in [3.63, 3.8) is 0 Å². The van der Waals surface area contributed by atoms with Crippen molar-refractivity contribution in [1.29, 1.82) is 0 Å². The Balaban J connectivity index is 2.99. The number of aromatic nitrogens is 1. The molecule has 0 bridgehead atoms. The van der Waals surface area contributed by atoms with Crippen LogP contribution in [0.15, 0.2) is 16.7 Å². The maximum absolute atomic E-state index is 9.27. The Hall–Kier alpha value is -0.610. The summed E-state index contributed by atoms with van der Waals surface area (Å²) >= 11 is 3.36. The van der Waals surface area contributed by atoms with E-state index in [4.69, 9.17) is 0 Å². The molecule has 15 heavy (non-hydrogen) atoms. The van der Waals surface area contributed by atoms with Gasteiger partial charge in [-0.1, -0.05) is 6.92 Å². The zero-order valence-corrected chi connectivity index (χ0v) is 10.8. The molecule has 3 nitrogen and oxygen atoms in total. The quantitative estimate of drug-likeness (QED) is 0.895. The second kappa shape index (κ2) is 6.08. The average molecular weight is 273 g/mol. The van der Waals surface area contributed by atoms with Crippen LogP contribution in [0.4, 0.5) is 5.82 Å². The molecule has 0 aliphatic carbocycles. The highest BCUT2D eigenvalue weighted by atomic mass is 79.9. The summed E-state index contributed by atoms with van der Waals surface area (Å²) in [4.78, 5) is 6.54. The summed E-state index contributed by atoms with van der Waals surface area (Å²) in [7, 11) is 0. The van der Waals surface area contributed by atoms with Crippen molar-refractivity contribution in [2.75, 3.05) is 18.0 Å².